The van der Waals surface area contributed by atoms with Crippen LogP contribution in [0.5, 0.6) is 0 Å². The number of rotatable bonds is 12. The standard InChI is InChI=1S/2C23H35FN4O2.C23H34FN3O2/c1-14-25-26-27-28(14)12-21(29)20-6-5-19-18-4-3-15-11-23(30,13-24)10-8-16(15)17(18)7-9-22(19,20)2;1-14-25-27-28(26-14)12-21(29)20-6-5-19-18-4-3-15-11-23(30,13-24)10-8-16(15)17(18)7-9-22(19,20)2;1-22-8-6-17-16-7-9-23(29,12-24)10-15(16)2-3-18(17)19(22)4-5-20(22)21(28)11-27-14-25-13-26-27/h2*15-20,30H,3-13H2,1-2H3;13-20,29H,2-12H2,1H3/t3*15-,16+,17-,18-,19+,20-,22+,23-/m111/s1. The van der Waals surface area contributed by atoms with E-state index in [1.807, 2.05) is 6.92 Å². The number of halogens is 3. The fourth-order valence-corrected chi connectivity index (χ4v) is 24.7. The molecule has 12 aliphatic carbocycles. The van der Waals surface area contributed by atoms with Crippen LogP contribution in [0.3, 0.4) is 0 Å². The number of tetrazole rings is 2. The first kappa shape index (κ1) is 63.7. The predicted octanol–water partition coefficient (Wildman–Crippen LogP) is 10.9. The van der Waals surface area contributed by atoms with Crippen molar-refractivity contribution >= 4 is 17.3 Å². The van der Waals surface area contributed by atoms with Crippen LogP contribution in [0.4, 0.5) is 13.2 Å². The summed E-state index contributed by atoms with van der Waals surface area (Å²) in [6.07, 6.45) is 30.1. The van der Waals surface area contributed by atoms with Crippen LogP contribution < -0.4 is 0 Å². The maximum atomic E-state index is 13.4. The number of fused-ring (bicyclic) bond motifs is 15. The van der Waals surface area contributed by atoms with Crippen LogP contribution in [0.15, 0.2) is 12.7 Å². The minimum absolute atomic E-state index is 0.0784. The molecule has 3 aromatic heterocycles. The molecule has 12 fully saturated rings. The average Bonchev–Trinajstić information content (AvgIpc) is 1.73. The quantitative estimate of drug-likeness (QED) is 0.153. The van der Waals surface area contributed by atoms with Gasteiger partial charge in [-0.2, -0.15) is 9.90 Å². The highest BCUT2D eigenvalue weighted by Crippen LogP contribution is 2.68. The molecule has 0 amide bonds. The summed E-state index contributed by atoms with van der Waals surface area (Å²) in [7, 11) is 0. The van der Waals surface area contributed by atoms with E-state index in [9.17, 15) is 42.9 Å². The molecular formula is C69H104F3N11O6. The lowest BCUT2D eigenvalue weighted by Crippen LogP contribution is -2.52. The summed E-state index contributed by atoms with van der Waals surface area (Å²) in [6, 6.07) is 0. The number of aromatic nitrogens is 11. The maximum absolute atomic E-state index is 13.4. The van der Waals surface area contributed by atoms with Crippen LogP contribution in [0, 0.1) is 137 Å². The summed E-state index contributed by atoms with van der Waals surface area (Å²) in [6.45, 7) is 9.78. The molecule has 89 heavy (non-hydrogen) atoms. The molecule has 24 atom stereocenters. The van der Waals surface area contributed by atoms with Crippen LogP contribution >= 0.6 is 0 Å². The van der Waals surface area contributed by atoms with Crippen molar-refractivity contribution in [2.45, 2.75) is 244 Å². The Kier molecular flexibility index (Phi) is 17.7. The molecule has 0 radical (unpaired) electrons. The Labute approximate surface area is 524 Å². The summed E-state index contributed by atoms with van der Waals surface area (Å²) in [5.41, 5.74) is -2.94. The second-order valence-electron chi connectivity index (χ2n) is 32.9. The van der Waals surface area contributed by atoms with Gasteiger partial charge in [0.05, 0.1) is 16.8 Å². The third-order valence-electron chi connectivity index (χ3n) is 28.9. The van der Waals surface area contributed by atoms with Crippen molar-refractivity contribution in [3.63, 3.8) is 0 Å². The number of aliphatic hydroxyl groups is 3. The van der Waals surface area contributed by atoms with Crippen molar-refractivity contribution in [2.24, 2.45) is 123 Å². The molecule has 3 aromatic rings. The van der Waals surface area contributed by atoms with E-state index >= 15 is 0 Å². The average molecular weight is 1240 g/mol. The number of carbonyl (C=O) groups excluding carboxylic acids is 3. The van der Waals surface area contributed by atoms with E-state index in [4.69, 9.17) is 0 Å². The van der Waals surface area contributed by atoms with Gasteiger partial charge in [0.1, 0.15) is 58.1 Å². The minimum atomic E-state index is -1.07. The highest BCUT2D eigenvalue weighted by molar-refractivity contribution is 5.83. The molecule has 0 saturated heterocycles. The summed E-state index contributed by atoms with van der Waals surface area (Å²) >= 11 is 0. The van der Waals surface area contributed by atoms with Crippen molar-refractivity contribution in [3.05, 3.63) is 24.3 Å². The van der Waals surface area contributed by atoms with E-state index in [-0.39, 0.29) is 58.7 Å². The monoisotopic (exact) mass is 1240 g/mol. The number of ketones is 3. The summed E-state index contributed by atoms with van der Waals surface area (Å²) in [5.74, 6) is 11.9. The first-order chi connectivity index (χ1) is 42.6. The topological polar surface area (TPSA) is 230 Å². The van der Waals surface area contributed by atoms with Crippen LogP contribution in [0.2, 0.25) is 0 Å². The van der Waals surface area contributed by atoms with Gasteiger partial charge in [0.2, 0.25) is 0 Å². The summed E-state index contributed by atoms with van der Waals surface area (Å²) in [5, 5.41) is 59.2. The van der Waals surface area contributed by atoms with E-state index in [2.05, 4.69) is 61.8 Å². The molecule has 17 nitrogen and oxygen atoms in total. The van der Waals surface area contributed by atoms with Gasteiger partial charge in [-0.1, -0.05) is 20.8 Å². The van der Waals surface area contributed by atoms with E-state index in [1.54, 1.807) is 22.6 Å². The van der Waals surface area contributed by atoms with E-state index in [0.29, 0.717) is 151 Å². The van der Waals surface area contributed by atoms with Crippen molar-refractivity contribution < 1.29 is 42.9 Å². The molecule has 0 spiro atoms. The van der Waals surface area contributed by atoms with Gasteiger partial charge in [-0.15, -0.1) is 15.3 Å². The van der Waals surface area contributed by atoms with Gasteiger partial charge in [-0.25, -0.2) is 27.5 Å². The minimum Gasteiger partial charge on any atom is -0.387 e. The molecule has 3 heterocycles. The Morgan fingerprint density at radius 1 is 0.483 bits per heavy atom. The Balaban J connectivity index is 0.000000123. The van der Waals surface area contributed by atoms with Crippen molar-refractivity contribution in [2.75, 3.05) is 20.0 Å². The number of Topliss-reactive ketones (excluding diaryl/α,β-unsaturated/α-hetero) is 3. The first-order valence-corrected chi connectivity index (χ1v) is 35.3. The van der Waals surface area contributed by atoms with Gasteiger partial charge in [-0.05, 0) is 308 Å². The number of hydrogen-bond donors (Lipinski definition) is 3. The third kappa shape index (κ3) is 11.7. The van der Waals surface area contributed by atoms with Crippen molar-refractivity contribution in [1.82, 2.24) is 55.2 Å². The Bertz CT molecular complexity index is 3000. The van der Waals surface area contributed by atoms with Crippen LogP contribution in [-0.4, -0.2) is 125 Å². The zero-order valence-electron chi connectivity index (χ0n) is 54.0. The van der Waals surface area contributed by atoms with Crippen LogP contribution in [0.1, 0.15) is 206 Å². The highest BCUT2D eigenvalue weighted by atomic mass is 19.1. The van der Waals surface area contributed by atoms with Gasteiger partial charge >= 0.3 is 0 Å². The lowest BCUT2D eigenvalue weighted by Gasteiger charge is -2.56. The normalized spacial score (nSPS) is 45.8. The molecule has 0 aromatic carbocycles. The van der Waals surface area contributed by atoms with Crippen LogP contribution in [-0.2, 0) is 34.0 Å². The Hall–Kier alpha value is -4.04. The number of hydrogen-bond acceptors (Lipinski definition) is 14. The molecule has 12 saturated carbocycles. The number of nitrogens with zero attached hydrogens (tertiary/aromatic N) is 11. The van der Waals surface area contributed by atoms with Crippen LogP contribution in [0.25, 0.3) is 0 Å². The number of aryl methyl sites for hydroxylation is 2. The third-order valence-corrected chi connectivity index (χ3v) is 28.9. The molecular weight excluding hydrogens is 1140 g/mol. The second-order valence-corrected chi connectivity index (χ2v) is 32.9. The molecule has 12 aliphatic rings. The first-order valence-electron chi connectivity index (χ1n) is 35.3. The van der Waals surface area contributed by atoms with E-state index in [0.717, 1.165) is 96.3 Å². The lowest BCUT2D eigenvalue weighted by atomic mass is 9.49. The molecule has 0 aliphatic heterocycles. The SMILES string of the molecule is C[C@]12CC[C@H]3[C@@H](CC[C@@H]4C[C@@](O)(CF)CC[C@@H]43)[C@@H]1CC[C@@H]2C(=O)Cn1cncn1.Cc1nnn(CC(=O)[C@H]2CC[C@H]3[C@@H]4CC[C@@H]5C[C@@](O)(CF)CC[C@@H]5[C@H]4CC[C@]23C)n1.Cc1nnnn1CC(=O)[C@H]1CC[C@H]2[C@@H]3CC[C@@H]4C[C@@](O)(CF)CC[C@@H]4[C@H]3CC[C@]12C. The number of alkyl halides is 3. The largest absolute Gasteiger partial charge is 0.387 e. The van der Waals surface area contributed by atoms with E-state index in [1.165, 1.54) is 49.6 Å². The highest BCUT2D eigenvalue weighted by Gasteiger charge is 2.63. The predicted molar refractivity (Wildman–Crippen MR) is 325 cm³/mol. The fourth-order valence-electron chi connectivity index (χ4n) is 24.7. The van der Waals surface area contributed by atoms with Crippen molar-refractivity contribution in [3.8, 4) is 0 Å². The molecule has 3 N–H and O–H groups in total. The molecule has 20 heteroatoms. The van der Waals surface area contributed by atoms with Crippen molar-refractivity contribution in [1.29, 1.82) is 0 Å². The summed E-state index contributed by atoms with van der Waals surface area (Å²) in [4.78, 5) is 44.9. The second kappa shape index (κ2) is 24.7. The fraction of sp³-hybridized carbons (Fsp3) is 0.899. The number of carbonyl (C=O) groups is 3. The maximum Gasteiger partial charge on any atom is 0.171 e. The summed E-state index contributed by atoms with van der Waals surface area (Å²) < 4.78 is 43.4. The smallest absolute Gasteiger partial charge is 0.171 e. The van der Waals surface area contributed by atoms with Gasteiger partial charge < -0.3 is 15.3 Å². The van der Waals surface area contributed by atoms with E-state index < -0.39 is 36.8 Å². The molecule has 492 valence electrons. The zero-order chi connectivity index (χ0) is 62.4. The molecule has 15 rings (SSSR count). The molecule has 0 bridgehead atoms. The Morgan fingerprint density at radius 3 is 1.25 bits per heavy atom. The Morgan fingerprint density at radius 2 is 0.888 bits per heavy atom. The van der Waals surface area contributed by atoms with Gasteiger partial charge in [-0.3, -0.25) is 14.4 Å². The molecule has 0 unspecified atom stereocenters. The van der Waals surface area contributed by atoms with Gasteiger partial charge in [0.15, 0.2) is 23.2 Å². The van der Waals surface area contributed by atoms with Gasteiger partial charge in [0, 0.05) is 17.8 Å². The zero-order valence-corrected chi connectivity index (χ0v) is 54.0. The lowest BCUT2D eigenvalue weighted by molar-refractivity contribution is -0.134. The van der Waals surface area contributed by atoms with Gasteiger partial charge in [0.25, 0.3) is 0 Å².